The largest absolute Gasteiger partial charge is 0.299 e. The van der Waals surface area contributed by atoms with Gasteiger partial charge in [0.05, 0.1) is 5.92 Å². The predicted molar refractivity (Wildman–Crippen MR) is 67.9 cm³/mol. The molecule has 2 rings (SSSR count). The van der Waals surface area contributed by atoms with Gasteiger partial charge in [-0.2, -0.15) is 0 Å². The molecule has 0 spiro atoms. The number of benzene rings is 1. The number of carbonyl (C=O) groups is 1. The molecule has 0 heterocycles. The Morgan fingerprint density at radius 3 is 2.75 bits per heavy atom. The summed E-state index contributed by atoms with van der Waals surface area (Å²) in [6.07, 6.45) is 2.39. The lowest BCUT2D eigenvalue weighted by Gasteiger charge is -2.27. The molecule has 6 heteroatoms. The number of nitrogens with zero attached hydrogens (tertiary/aromatic N) is 1. The normalized spacial score (nSPS) is 20.7. The maximum absolute atomic E-state index is 13.9. The smallest absolute Gasteiger partial charge is 0.211 e. The molecule has 0 aliphatic heterocycles. The van der Waals surface area contributed by atoms with Gasteiger partial charge in [0.15, 0.2) is 11.6 Å². The van der Waals surface area contributed by atoms with Crippen molar-refractivity contribution in [2.75, 3.05) is 6.54 Å². The van der Waals surface area contributed by atoms with Crippen LogP contribution in [0.15, 0.2) is 18.2 Å². The molecule has 1 fully saturated rings. The lowest BCUT2D eigenvalue weighted by Crippen LogP contribution is -2.30. The van der Waals surface area contributed by atoms with E-state index in [2.05, 4.69) is 0 Å². The fourth-order valence-electron chi connectivity index (χ4n) is 2.85. The zero-order valence-corrected chi connectivity index (χ0v) is 10.9. The first-order valence-corrected chi connectivity index (χ1v) is 6.59. The molecule has 0 unspecified atom stereocenters. The van der Waals surface area contributed by atoms with Crippen LogP contribution in [0, 0.1) is 27.7 Å². The zero-order chi connectivity index (χ0) is 14.7. The molecule has 0 bridgehead atoms. The van der Waals surface area contributed by atoms with Gasteiger partial charge in [-0.15, -0.1) is 0 Å². The van der Waals surface area contributed by atoms with E-state index in [4.69, 9.17) is 0 Å². The summed E-state index contributed by atoms with van der Waals surface area (Å²) in [4.78, 5) is 22.2. The van der Waals surface area contributed by atoms with Gasteiger partial charge in [-0.3, -0.25) is 14.9 Å². The minimum Gasteiger partial charge on any atom is -0.299 e. The monoisotopic (exact) mass is 283 g/mol. The van der Waals surface area contributed by atoms with Crippen molar-refractivity contribution in [1.29, 1.82) is 0 Å². The second kappa shape index (κ2) is 6.07. The summed E-state index contributed by atoms with van der Waals surface area (Å²) in [6.45, 7) is -0.559. The van der Waals surface area contributed by atoms with E-state index < -0.39 is 34.9 Å². The number of ketones is 1. The highest BCUT2D eigenvalue weighted by Gasteiger charge is 2.36. The van der Waals surface area contributed by atoms with Gasteiger partial charge in [0.25, 0.3) is 0 Å². The highest BCUT2D eigenvalue weighted by Crippen LogP contribution is 2.35. The Morgan fingerprint density at radius 2 is 2.10 bits per heavy atom. The van der Waals surface area contributed by atoms with E-state index in [1.54, 1.807) is 0 Å². The molecule has 0 saturated heterocycles. The third-order valence-electron chi connectivity index (χ3n) is 3.81. The molecule has 0 N–H and O–H groups in total. The molecule has 1 aromatic rings. The third kappa shape index (κ3) is 3.00. The first kappa shape index (κ1) is 14.6. The molecule has 20 heavy (non-hydrogen) atoms. The lowest BCUT2D eigenvalue weighted by molar-refractivity contribution is -0.484. The maximum Gasteiger partial charge on any atom is 0.211 e. The van der Waals surface area contributed by atoms with Crippen LogP contribution < -0.4 is 0 Å². The fraction of sp³-hybridized carbons (Fsp3) is 0.500. The molecule has 2 atom stereocenters. The summed E-state index contributed by atoms with van der Waals surface area (Å²) in [7, 11) is 0. The van der Waals surface area contributed by atoms with Crippen LogP contribution in [0.3, 0.4) is 0 Å². The van der Waals surface area contributed by atoms with E-state index in [0.29, 0.717) is 12.8 Å². The van der Waals surface area contributed by atoms with E-state index in [9.17, 15) is 23.7 Å². The molecule has 0 radical (unpaired) electrons. The van der Waals surface area contributed by atoms with E-state index in [0.717, 1.165) is 18.9 Å². The standard InChI is InChI=1S/C14H15F2NO3/c15-12-6-3-5-10(14(12)16)11(8-17(19)20)9-4-1-2-7-13(9)18/h3,5-6,9,11H,1-2,4,7-8H2/t9-,11+/m0/s1. The van der Waals surface area contributed by atoms with Crippen LogP contribution in [-0.4, -0.2) is 17.3 Å². The van der Waals surface area contributed by atoms with E-state index >= 15 is 0 Å². The Hall–Kier alpha value is -1.85. The number of halogens is 2. The Morgan fingerprint density at radius 1 is 1.35 bits per heavy atom. The van der Waals surface area contributed by atoms with Gasteiger partial charge in [0.1, 0.15) is 5.78 Å². The molecular formula is C14H15F2NO3. The first-order valence-electron chi connectivity index (χ1n) is 6.59. The van der Waals surface area contributed by atoms with Crippen molar-refractivity contribution in [3.05, 3.63) is 45.5 Å². The fourth-order valence-corrected chi connectivity index (χ4v) is 2.85. The number of hydrogen-bond acceptors (Lipinski definition) is 3. The average Bonchev–Trinajstić information content (AvgIpc) is 2.40. The van der Waals surface area contributed by atoms with Crippen molar-refractivity contribution in [1.82, 2.24) is 0 Å². The van der Waals surface area contributed by atoms with Gasteiger partial charge in [0, 0.05) is 22.8 Å². The number of rotatable bonds is 4. The summed E-state index contributed by atoms with van der Waals surface area (Å²) >= 11 is 0. The Labute approximate surface area is 114 Å². The molecule has 108 valence electrons. The van der Waals surface area contributed by atoms with Crippen molar-refractivity contribution in [2.24, 2.45) is 5.92 Å². The van der Waals surface area contributed by atoms with Crippen molar-refractivity contribution < 1.29 is 18.5 Å². The topological polar surface area (TPSA) is 60.2 Å². The molecule has 1 aromatic carbocycles. The molecule has 1 aliphatic rings. The summed E-state index contributed by atoms with van der Waals surface area (Å²) in [5, 5.41) is 10.8. The summed E-state index contributed by atoms with van der Waals surface area (Å²) in [6, 6.07) is 3.60. The molecule has 0 aromatic heterocycles. The number of hydrogen-bond donors (Lipinski definition) is 0. The Balaban J connectivity index is 2.38. The lowest BCUT2D eigenvalue weighted by atomic mass is 9.76. The van der Waals surface area contributed by atoms with Gasteiger partial charge in [-0.05, 0) is 18.9 Å². The highest BCUT2D eigenvalue weighted by molar-refractivity contribution is 5.82. The van der Waals surface area contributed by atoms with Crippen molar-refractivity contribution in [3.63, 3.8) is 0 Å². The summed E-state index contributed by atoms with van der Waals surface area (Å²) in [5.74, 6) is -3.71. The predicted octanol–water partition coefficient (Wildman–Crippen LogP) is 3.08. The zero-order valence-electron chi connectivity index (χ0n) is 10.9. The maximum atomic E-state index is 13.9. The third-order valence-corrected chi connectivity index (χ3v) is 3.81. The Kier molecular flexibility index (Phi) is 4.42. The van der Waals surface area contributed by atoms with Gasteiger partial charge in [-0.25, -0.2) is 8.78 Å². The molecule has 0 amide bonds. The van der Waals surface area contributed by atoms with Gasteiger partial charge >= 0.3 is 0 Å². The number of carbonyl (C=O) groups excluding carboxylic acids is 1. The first-order chi connectivity index (χ1) is 9.50. The molecule has 4 nitrogen and oxygen atoms in total. The molecule has 1 aliphatic carbocycles. The van der Waals surface area contributed by atoms with Crippen LogP contribution in [0.4, 0.5) is 8.78 Å². The highest BCUT2D eigenvalue weighted by atomic mass is 19.2. The van der Waals surface area contributed by atoms with Gasteiger partial charge < -0.3 is 0 Å². The van der Waals surface area contributed by atoms with Gasteiger partial charge in [-0.1, -0.05) is 18.6 Å². The number of nitro groups is 1. The van der Waals surface area contributed by atoms with Crippen LogP contribution >= 0.6 is 0 Å². The van der Waals surface area contributed by atoms with Crippen LogP contribution in [0.1, 0.15) is 37.2 Å². The van der Waals surface area contributed by atoms with Crippen molar-refractivity contribution in [2.45, 2.75) is 31.6 Å². The SMILES string of the molecule is O=C1CCCC[C@H]1[C@@H](C[N+](=O)[O-])c1cccc(F)c1F. The summed E-state index contributed by atoms with van der Waals surface area (Å²) < 4.78 is 27.2. The van der Waals surface area contributed by atoms with E-state index in [1.807, 2.05) is 0 Å². The molecule has 1 saturated carbocycles. The second-order valence-corrected chi connectivity index (χ2v) is 5.08. The van der Waals surface area contributed by atoms with E-state index in [-0.39, 0.29) is 11.3 Å². The van der Waals surface area contributed by atoms with Gasteiger partial charge in [0.2, 0.25) is 6.54 Å². The van der Waals surface area contributed by atoms with Crippen LogP contribution in [-0.2, 0) is 4.79 Å². The van der Waals surface area contributed by atoms with Crippen molar-refractivity contribution >= 4 is 5.78 Å². The number of Topliss-reactive ketones (excluding diaryl/α,β-unsaturated/α-hetero) is 1. The van der Waals surface area contributed by atoms with Crippen LogP contribution in [0.2, 0.25) is 0 Å². The average molecular weight is 283 g/mol. The second-order valence-electron chi connectivity index (χ2n) is 5.08. The van der Waals surface area contributed by atoms with Crippen LogP contribution in [0.5, 0.6) is 0 Å². The minimum absolute atomic E-state index is 0.0676. The Bertz CT molecular complexity index is 533. The summed E-state index contributed by atoms with van der Waals surface area (Å²) in [5.41, 5.74) is -0.0676. The van der Waals surface area contributed by atoms with Crippen LogP contribution in [0.25, 0.3) is 0 Å². The van der Waals surface area contributed by atoms with E-state index in [1.165, 1.54) is 12.1 Å². The minimum atomic E-state index is -1.09. The molecular weight excluding hydrogens is 268 g/mol. The quantitative estimate of drug-likeness (QED) is 0.630. The van der Waals surface area contributed by atoms with Crippen molar-refractivity contribution in [3.8, 4) is 0 Å².